The molecular formula is C40H76O6. The van der Waals surface area contributed by atoms with Gasteiger partial charge in [-0.1, -0.05) is 181 Å². The van der Waals surface area contributed by atoms with Gasteiger partial charge in [-0.2, -0.15) is 0 Å². The van der Waals surface area contributed by atoms with Crippen LogP contribution in [-0.4, -0.2) is 37.2 Å². The quantitative estimate of drug-likeness (QED) is 0.0381. The molecule has 0 spiro atoms. The van der Waals surface area contributed by atoms with E-state index in [0.29, 0.717) is 19.3 Å². The fourth-order valence-corrected chi connectivity index (χ4v) is 5.79. The molecule has 0 aliphatic heterocycles. The van der Waals surface area contributed by atoms with Crippen LogP contribution in [0.15, 0.2) is 0 Å². The van der Waals surface area contributed by atoms with Crippen molar-refractivity contribution in [2.24, 2.45) is 0 Å². The molecule has 0 heterocycles. The van der Waals surface area contributed by atoms with Gasteiger partial charge in [0.1, 0.15) is 13.2 Å². The van der Waals surface area contributed by atoms with E-state index in [1.54, 1.807) is 0 Å². The van der Waals surface area contributed by atoms with E-state index in [2.05, 4.69) is 20.8 Å². The Morgan fingerprint density at radius 3 is 0.870 bits per heavy atom. The van der Waals surface area contributed by atoms with Crippen molar-refractivity contribution in [3.63, 3.8) is 0 Å². The van der Waals surface area contributed by atoms with E-state index in [1.165, 1.54) is 116 Å². The van der Waals surface area contributed by atoms with E-state index >= 15 is 0 Å². The summed E-state index contributed by atoms with van der Waals surface area (Å²) in [6.07, 6.45) is 34.1. The average Bonchev–Trinajstić information content (AvgIpc) is 3.05. The number of ether oxygens (including phenoxy) is 3. The molecule has 0 N–H and O–H groups in total. The Morgan fingerprint density at radius 2 is 0.587 bits per heavy atom. The van der Waals surface area contributed by atoms with Gasteiger partial charge in [0.05, 0.1) is 0 Å². The first-order valence-corrected chi connectivity index (χ1v) is 20.0. The van der Waals surface area contributed by atoms with Gasteiger partial charge < -0.3 is 14.2 Å². The topological polar surface area (TPSA) is 78.9 Å². The van der Waals surface area contributed by atoms with Gasteiger partial charge in [-0.05, 0) is 19.3 Å². The van der Waals surface area contributed by atoms with Crippen LogP contribution in [0.4, 0.5) is 0 Å². The summed E-state index contributed by atoms with van der Waals surface area (Å²) in [5, 5.41) is 0. The molecule has 6 heteroatoms. The van der Waals surface area contributed by atoms with Gasteiger partial charge in [0.15, 0.2) is 6.10 Å². The maximum absolute atomic E-state index is 12.5. The summed E-state index contributed by atoms with van der Waals surface area (Å²) in [7, 11) is 0. The fourth-order valence-electron chi connectivity index (χ4n) is 5.79. The van der Waals surface area contributed by atoms with Crippen molar-refractivity contribution in [3.8, 4) is 0 Å². The van der Waals surface area contributed by atoms with E-state index in [0.717, 1.165) is 64.2 Å². The number of hydrogen-bond donors (Lipinski definition) is 0. The maximum atomic E-state index is 12.5. The van der Waals surface area contributed by atoms with Crippen molar-refractivity contribution < 1.29 is 28.6 Å². The normalized spacial score (nSPS) is 11.8. The van der Waals surface area contributed by atoms with Gasteiger partial charge in [-0.15, -0.1) is 0 Å². The van der Waals surface area contributed by atoms with E-state index in [4.69, 9.17) is 14.2 Å². The van der Waals surface area contributed by atoms with Gasteiger partial charge in [0.2, 0.25) is 0 Å². The lowest BCUT2D eigenvalue weighted by atomic mass is 10.0. The summed E-state index contributed by atoms with van der Waals surface area (Å²) in [5.41, 5.74) is 0. The Bertz CT molecular complexity index is 679. The summed E-state index contributed by atoms with van der Waals surface area (Å²) < 4.78 is 16.5. The molecule has 0 rings (SSSR count). The molecule has 0 aromatic carbocycles. The van der Waals surface area contributed by atoms with Gasteiger partial charge in [-0.3, -0.25) is 14.4 Å². The molecule has 272 valence electrons. The lowest BCUT2D eigenvalue weighted by Gasteiger charge is -2.18. The van der Waals surface area contributed by atoms with E-state index in [1.807, 2.05) is 0 Å². The van der Waals surface area contributed by atoms with E-state index < -0.39 is 6.10 Å². The minimum atomic E-state index is -0.754. The molecule has 0 aromatic heterocycles. The van der Waals surface area contributed by atoms with Gasteiger partial charge in [0.25, 0.3) is 0 Å². The standard InChI is InChI=1S/C40H76O6/c1-4-7-10-13-15-16-17-18-19-20-21-22-23-25-27-30-33-39(42)45-36-37(35-44-38(41)32-29-26-12-9-6-3)46-40(43)34-31-28-24-14-11-8-5-2/h37H,4-36H2,1-3H3/t37-/m1/s1. The number of unbranched alkanes of at least 4 members (excludes halogenated alkanes) is 25. The van der Waals surface area contributed by atoms with Gasteiger partial charge in [0, 0.05) is 19.3 Å². The van der Waals surface area contributed by atoms with Crippen molar-refractivity contribution in [2.75, 3.05) is 13.2 Å². The minimum Gasteiger partial charge on any atom is -0.462 e. The highest BCUT2D eigenvalue weighted by atomic mass is 16.6. The zero-order chi connectivity index (χ0) is 33.8. The first-order chi connectivity index (χ1) is 22.5. The number of esters is 3. The number of hydrogen-bond acceptors (Lipinski definition) is 6. The Labute approximate surface area is 285 Å². The van der Waals surface area contributed by atoms with Crippen LogP contribution in [0.2, 0.25) is 0 Å². The summed E-state index contributed by atoms with van der Waals surface area (Å²) in [6.45, 7) is 6.51. The van der Waals surface area contributed by atoms with Gasteiger partial charge in [-0.25, -0.2) is 0 Å². The SMILES string of the molecule is CCCCCCCCCCCCCCCCCCC(=O)OC[C@@H](COC(=O)CCCCCCC)OC(=O)CCCCCCCCC. The summed E-state index contributed by atoms with van der Waals surface area (Å²) in [4.78, 5) is 37.1. The van der Waals surface area contributed by atoms with Crippen LogP contribution < -0.4 is 0 Å². The Balaban J connectivity index is 4.12. The highest BCUT2D eigenvalue weighted by Crippen LogP contribution is 2.15. The van der Waals surface area contributed by atoms with Crippen LogP contribution in [0.25, 0.3) is 0 Å². The Kier molecular flexibility index (Phi) is 35.0. The zero-order valence-electron chi connectivity index (χ0n) is 30.9. The smallest absolute Gasteiger partial charge is 0.306 e. The average molecular weight is 653 g/mol. The van der Waals surface area contributed by atoms with Crippen molar-refractivity contribution in [2.45, 2.75) is 226 Å². The molecule has 0 aromatic rings. The fraction of sp³-hybridized carbons (Fsp3) is 0.925. The molecule has 0 bridgehead atoms. The number of rotatable bonds is 36. The largest absolute Gasteiger partial charge is 0.462 e. The summed E-state index contributed by atoms with van der Waals surface area (Å²) >= 11 is 0. The second-order valence-electron chi connectivity index (χ2n) is 13.6. The molecule has 0 unspecified atom stereocenters. The third kappa shape index (κ3) is 33.8. The first kappa shape index (κ1) is 44.4. The first-order valence-electron chi connectivity index (χ1n) is 20.0. The molecule has 0 fully saturated rings. The molecule has 0 aliphatic rings. The van der Waals surface area contributed by atoms with Crippen LogP contribution in [0, 0.1) is 0 Å². The molecular weight excluding hydrogens is 576 g/mol. The molecule has 6 nitrogen and oxygen atoms in total. The zero-order valence-corrected chi connectivity index (χ0v) is 30.9. The van der Waals surface area contributed by atoms with Crippen molar-refractivity contribution in [1.82, 2.24) is 0 Å². The van der Waals surface area contributed by atoms with Gasteiger partial charge >= 0.3 is 17.9 Å². The molecule has 0 saturated carbocycles. The number of carbonyl (C=O) groups is 3. The Morgan fingerprint density at radius 1 is 0.348 bits per heavy atom. The second-order valence-corrected chi connectivity index (χ2v) is 13.6. The van der Waals surface area contributed by atoms with E-state index in [9.17, 15) is 14.4 Å². The minimum absolute atomic E-state index is 0.0652. The molecule has 0 aliphatic carbocycles. The summed E-state index contributed by atoms with van der Waals surface area (Å²) in [6, 6.07) is 0. The lowest BCUT2D eigenvalue weighted by molar-refractivity contribution is -0.167. The third-order valence-electron chi connectivity index (χ3n) is 8.86. The van der Waals surface area contributed by atoms with Crippen LogP contribution in [-0.2, 0) is 28.6 Å². The van der Waals surface area contributed by atoms with Crippen molar-refractivity contribution in [1.29, 1.82) is 0 Å². The highest BCUT2D eigenvalue weighted by molar-refractivity contribution is 5.71. The predicted octanol–water partition coefficient (Wildman–Crippen LogP) is 12.1. The molecule has 0 amide bonds. The molecule has 0 radical (unpaired) electrons. The Hall–Kier alpha value is -1.59. The van der Waals surface area contributed by atoms with Crippen molar-refractivity contribution >= 4 is 17.9 Å². The highest BCUT2D eigenvalue weighted by Gasteiger charge is 2.19. The summed E-state index contributed by atoms with van der Waals surface area (Å²) in [5.74, 6) is -0.882. The van der Waals surface area contributed by atoms with E-state index in [-0.39, 0.29) is 31.1 Å². The third-order valence-corrected chi connectivity index (χ3v) is 8.86. The number of carbonyl (C=O) groups excluding carboxylic acids is 3. The molecule has 46 heavy (non-hydrogen) atoms. The van der Waals surface area contributed by atoms with Crippen LogP contribution in [0.5, 0.6) is 0 Å². The van der Waals surface area contributed by atoms with Crippen LogP contribution in [0.1, 0.15) is 220 Å². The second kappa shape index (κ2) is 36.2. The van der Waals surface area contributed by atoms with Crippen molar-refractivity contribution in [3.05, 3.63) is 0 Å². The maximum Gasteiger partial charge on any atom is 0.306 e. The molecule has 1 atom stereocenters. The van der Waals surface area contributed by atoms with Crippen LogP contribution >= 0.6 is 0 Å². The monoisotopic (exact) mass is 653 g/mol. The lowest BCUT2D eigenvalue weighted by Crippen LogP contribution is -2.30. The predicted molar refractivity (Wildman–Crippen MR) is 192 cm³/mol. The molecule has 0 saturated heterocycles. The van der Waals surface area contributed by atoms with Crippen LogP contribution in [0.3, 0.4) is 0 Å².